The smallest absolute Gasteiger partial charge is 0.234 e. The van der Waals surface area contributed by atoms with E-state index in [2.05, 4.69) is 18.3 Å². The molecule has 2 unspecified atom stereocenters. The molecular formula is C10H15NO. The third-order valence-electron chi connectivity index (χ3n) is 2.50. The Kier molecular flexibility index (Phi) is 3.16. The Labute approximate surface area is 73.7 Å². The summed E-state index contributed by atoms with van der Waals surface area (Å²) in [5, 5.41) is 2.42. The standard InChI is InChI=1S/C10H15NO/c1-3-11-10(12)9-6-4-5-8(2)7-9/h1,8-9H,4-7H2,2H3,(H,11,12). The van der Waals surface area contributed by atoms with Crippen LogP contribution in [-0.2, 0) is 4.79 Å². The molecule has 2 atom stereocenters. The van der Waals surface area contributed by atoms with E-state index in [1.165, 1.54) is 6.42 Å². The highest BCUT2D eigenvalue weighted by Crippen LogP contribution is 2.28. The number of hydrogen-bond acceptors (Lipinski definition) is 1. The van der Waals surface area contributed by atoms with Crippen LogP contribution >= 0.6 is 0 Å². The van der Waals surface area contributed by atoms with Gasteiger partial charge in [0.2, 0.25) is 5.91 Å². The molecule has 1 N–H and O–H groups in total. The highest BCUT2D eigenvalue weighted by molar-refractivity contribution is 5.80. The van der Waals surface area contributed by atoms with Crippen LogP contribution in [0.3, 0.4) is 0 Å². The molecule has 0 bridgehead atoms. The largest absolute Gasteiger partial charge is 0.285 e. The fourth-order valence-electron chi connectivity index (χ4n) is 1.85. The summed E-state index contributed by atoms with van der Waals surface area (Å²) in [5.41, 5.74) is 0. The molecule has 0 saturated heterocycles. The Morgan fingerprint density at radius 3 is 2.92 bits per heavy atom. The Balaban J connectivity index is 2.41. The van der Waals surface area contributed by atoms with E-state index in [1.54, 1.807) is 0 Å². The average molecular weight is 165 g/mol. The summed E-state index contributed by atoms with van der Waals surface area (Å²) in [6.07, 6.45) is 9.39. The van der Waals surface area contributed by atoms with Gasteiger partial charge in [0, 0.05) is 12.0 Å². The molecule has 1 aliphatic carbocycles. The Hall–Kier alpha value is -0.970. The Morgan fingerprint density at radius 2 is 2.33 bits per heavy atom. The van der Waals surface area contributed by atoms with Crippen LogP contribution in [0.2, 0.25) is 0 Å². The van der Waals surface area contributed by atoms with E-state index in [4.69, 9.17) is 6.42 Å². The maximum absolute atomic E-state index is 11.3. The number of carbonyl (C=O) groups is 1. The van der Waals surface area contributed by atoms with Crippen LogP contribution in [0.15, 0.2) is 0 Å². The van der Waals surface area contributed by atoms with E-state index in [9.17, 15) is 4.79 Å². The first kappa shape index (κ1) is 9.12. The molecule has 0 aromatic carbocycles. The van der Waals surface area contributed by atoms with Crippen molar-refractivity contribution in [1.82, 2.24) is 5.32 Å². The highest BCUT2D eigenvalue weighted by Gasteiger charge is 2.24. The van der Waals surface area contributed by atoms with E-state index in [0.717, 1.165) is 19.3 Å². The number of carbonyl (C=O) groups excluding carboxylic acids is 1. The van der Waals surface area contributed by atoms with Crippen molar-refractivity contribution in [1.29, 1.82) is 0 Å². The van der Waals surface area contributed by atoms with Gasteiger partial charge in [0.1, 0.15) is 0 Å². The quantitative estimate of drug-likeness (QED) is 0.463. The fourth-order valence-corrected chi connectivity index (χ4v) is 1.85. The minimum absolute atomic E-state index is 0.0315. The predicted molar refractivity (Wildman–Crippen MR) is 48.1 cm³/mol. The minimum Gasteiger partial charge on any atom is -0.285 e. The number of nitrogens with one attached hydrogen (secondary N) is 1. The fraction of sp³-hybridized carbons (Fsp3) is 0.700. The van der Waals surface area contributed by atoms with Gasteiger partial charge < -0.3 is 0 Å². The summed E-state index contributed by atoms with van der Waals surface area (Å²) in [6, 6.07) is 2.18. The average Bonchev–Trinajstić information content (AvgIpc) is 2.05. The lowest BCUT2D eigenvalue weighted by atomic mass is 9.82. The van der Waals surface area contributed by atoms with Crippen molar-refractivity contribution in [3.8, 4) is 12.5 Å². The molecule has 0 aromatic heterocycles. The van der Waals surface area contributed by atoms with Crippen molar-refractivity contribution >= 4 is 5.91 Å². The first-order chi connectivity index (χ1) is 5.74. The molecule has 2 nitrogen and oxygen atoms in total. The SMILES string of the molecule is C#CNC(=O)C1CCCC(C)C1. The van der Waals surface area contributed by atoms with E-state index in [0.29, 0.717) is 5.92 Å². The molecule has 0 heterocycles. The first-order valence-corrected chi connectivity index (χ1v) is 4.49. The zero-order valence-electron chi connectivity index (χ0n) is 7.47. The molecule has 2 heteroatoms. The lowest BCUT2D eigenvalue weighted by molar-refractivity contribution is -0.125. The molecular weight excluding hydrogens is 150 g/mol. The normalized spacial score (nSPS) is 29.0. The van der Waals surface area contributed by atoms with E-state index < -0.39 is 0 Å². The molecule has 0 spiro atoms. The van der Waals surface area contributed by atoms with Crippen molar-refractivity contribution in [2.75, 3.05) is 0 Å². The lowest BCUT2D eigenvalue weighted by Gasteiger charge is -2.24. The van der Waals surface area contributed by atoms with Gasteiger partial charge in [-0.2, -0.15) is 0 Å². The van der Waals surface area contributed by atoms with Crippen LogP contribution in [0, 0.1) is 24.3 Å². The van der Waals surface area contributed by atoms with Crippen LogP contribution in [0.1, 0.15) is 32.6 Å². The number of hydrogen-bond donors (Lipinski definition) is 1. The second-order valence-corrected chi connectivity index (χ2v) is 3.60. The van der Waals surface area contributed by atoms with Crippen molar-refractivity contribution in [3.05, 3.63) is 0 Å². The van der Waals surface area contributed by atoms with Crippen molar-refractivity contribution in [2.24, 2.45) is 11.8 Å². The van der Waals surface area contributed by atoms with Gasteiger partial charge in [-0.05, 0) is 18.8 Å². The second kappa shape index (κ2) is 4.15. The molecule has 0 radical (unpaired) electrons. The van der Waals surface area contributed by atoms with Crippen LogP contribution < -0.4 is 5.32 Å². The highest BCUT2D eigenvalue weighted by atomic mass is 16.1. The number of rotatable bonds is 1. The molecule has 12 heavy (non-hydrogen) atoms. The Morgan fingerprint density at radius 1 is 1.58 bits per heavy atom. The zero-order valence-corrected chi connectivity index (χ0v) is 7.47. The van der Waals surface area contributed by atoms with Gasteiger partial charge in [-0.15, -0.1) is 0 Å². The van der Waals surface area contributed by atoms with Crippen LogP contribution in [-0.4, -0.2) is 5.91 Å². The summed E-state index contributed by atoms with van der Waals surface area (Å²) in [6.45, 7) is 2.19. The van der Waals surface area contributed by atoms with Gasteiger partial charge in [0.15, 0.2) is 0 Å². The predicted octanol–water partition coefficient (Wildman–Crippen LogP) is 1.52. The number of amides is 1. The summed E-state index contributed by atoms with van der Waals surface area (Å²) in [4.78, 5) is 11.3. The van der Waals surface area contributed by atoms with Crippen molar-refractivity contribution in [3.63, 3.8) is 0 Å². The van der Waals surface area contributed by atoms with Crippen molar-refractivity contribution in [2.45, 2.75) is 32.6 Å². The van der Waals surface area contributed by atoms with Crippen LogP contribution in [0.5, 0.6) is 0 Å². The monoisotopic (exact) mass is 165 g/mol. The van der Waals surface area contributed by atoms with Crippen LogP contribution in [0.25, 0.3) is 0 Å². The van der Waals surface area contributed by atoms with Gasteiger partial charge in [-0.1, -0.05) is 26.2 Å². The third-order valence-corrected chi connectivity index (χ3v) is 2.50. The Bertz CT molecular complexity index is 204. The molecule has 0 aliphatic heterocycles. The molecule has 66 valence electrons. The maximum atomic E-state index is 11.3. The summed E-state index contributed by atoms with van der Waals surface area (Å²) >= 11 is 0. The molecule has 1 saturated carbocycles. The molecule has 0 aromatic rings. The van der Waals surface area contributed by atoms with Crippen molar-refractivity contribution < 1.29 is 4.79 Å². The molecule has 1 amide bonds. The maximum Gasteiger partial charge on any atom is 0.234 e. The van der Waals surface area contributed by atoms with E-state index >= 15 is 0 Å². The minimum atomic E-state index is 0.0315. The number of terminal acetylenes is 1. The van der Waals surface area contributed by atoms with Gasteiger partial charge in [-0.25, -0.2) is 0 Å². The van der Waals surface area contributed by atoms with Gasteiger partial charge in [-0.3, -0.25) is 10.1 Å². The summed E-state index contributed by atoms with van der Waals surface area (Å²) < 4.78 is 0. The summed E-state index contributed by atoms with van der Waals surface area (Å²) in [5.74, 6) is 0.862. The van der Waals surface area contributed by atoms with Gasteiger partial charge in [0.05, 0.1) is 0 Å². The van der Waals surface area contributed by atoms with E-state index in [-0.39, 0.29) is 11.8 Å². The van der Waals surface area contributed by atoms with Gasteiger partial charge in [0.25, 0.3) is 0 Å². The van der Waals surface area contributed by atoms with E-state index in [1.807, 2.05) is 0 Å². The van der Waals surface area contributed by atoms with Gasteiger partial charge >= 0.3 is 0 Å². The lowest BCUT2D eigenvalue weighted by Crippen LogP contribution is -2.30. The molecule has 1 fully saturated rings. The first-order valence-electron chi connectivity index (χ1n) is 4.49. The second-order valence-electron chi connectivity index (χ2n) is 3.60. The molecule has 1 aliphatic rings. The van der Waals surface area contributed by atoms with Crippen LogP contribution in [0.4, 0.5) is 0 Å². The topological polar surface area (TPSA) is 29.1 Å². The summed E-state index contributed by atoms with van der Waals surface area (Å²) in [7, 11) is 0. The molecule has 1 rings (SSSR count). The third kappa shape index (κ3) is 2.27. The zero-order chi connectivity index (χ0) is 8.97.